The molecule has 5 aromatic heterocycles. The molecule has 5 heterocycles. The molecule has 0 saturated carbocycles. The molecular weight excluding hydrogens is 378 g/mol. The van der Waals surface area contributed by atoms with Crippen LogP contribution in [0.2, 0.25) is 0 Å². The average Bonchev–Trinajstić information content (AvgIpc) is 3.51. The molecule has 0 amide bonds. The summed E-state index contributed by atoms with van der Waals surface area (Å²) in [4.78, 5) is 25.5. The summed E-state index contributed by atoms with van der Waals surface area (Å²) < 4.78 is 1.87. The Morgan fingerprint density at radius 1 is 0.967 bits per heavy atom. The first-order valence-corrected chi connectivity index (χ1v) is 9.37. The summed E-state index contributed by atoms with van der Waals surface area (Å²) >= 11 is 0. The zero-order valence-electron chi connectivity index (χ0n) is 15.9. The molecule has 9 nitrogen and oxygen atoms in total. The molecule has 0 aliphatic rings. The van der Waals surface area contributed by atoms with E-state index in [4.69, 9.17) is 4.98 Å². The van der Waals surface area contributed by atoms with Crippen LogP contribution in [-0.4, -0.2) is 44.7 Å². The number of pyridine rings is 1. The van der Waals surface area contributed by atoms with Crippen LogP contribution in [-0.2, 0) is 0 Å². The van der Waals surface area contributed by atoms with E-state index in [2.05, 4.69) is 35.1 Å². The number of benzene rings is 1. The van der Waals surface area contributed by atoms with Crippen molar-refractivity contribution in [1.29, 1.82) is 0 Å². The van der Waals surface area contributed by atoms with Gasteiger partial charge in [-0.15, -0.1) is 0 Å². The van der Waals surface area contributed by atoms with E-state index in [1.165, 1.54) is 0 Å². The Bertz CT molecular complexity index is 1510. The van der Waals surface area contributed by atoms with Gasteiger partial charge in [-0.25, -0.2) is 15.0 Å². The van der Waals surface area contributed by atoms with Crippen LogP contribution < -0.4 is 0 Å². The van der Waals surface area contributed by atoms with Crippen LogP contribution in [0.4, 0.5) is 0 Å². The molecule has 9 heteroatoms. The highest BCUT2D eigenvalue weighted by atomic mass is 15.2. The maximum absolute atomic E-state index is 4.82. The lowest BCUT2D eigenvalue weighted by atomic mass is 10.1. The van der Waals surface area contributed by atoms with Gasteiger partial charge in [0.15, 0.2) is 11.6 Å². The third-order valence-electron chi connectivity index (χ3n) is 4.98. The summed E-state index contributed by atoms with van der Waals surface area (Å²) in [5, 5.41) is 8.54. The number of hydrogen-bond donors (Lipinski definition) is 2. The molecule has 6 rings (SSSR count). The van der Waals surface area contributed by atoms with E-state index >= 15 is 0 Å². The van der Waals surface area contributed by atoms with Crippen LogP contribution in [0.15, 0.2) is 61.6 Å². The van der Waals surface area contributed by atoms with E-state index in [1.54, 1.807) is 31.1 Å². The number of hydrogen-bond acceptors (Lipinski definition) is 6. The molecule has 144 valence electrons. The van der Waals surface area contributed by atoms with Gasteiger partial charge < -0.3 is 4.98 Å². The molecule has 0 aliphatic carbocycles. The largest absolute Gasteiger partial charge is 0.336 e. The van der Waals surface area contributed by atoms with Crippen LogP contribution in [0.3, 0.4) is 0 Å². The van der Waals surface area contributed by atoms with Gasteiger partial charge in [0.1, 0.15) is 17.5 Å². The molecule has 0 saturated heterocycles. The number of aromatic amines is 2. The molecule has 0 fully saturated rings. The minimum absolute atomic E-state index is 0.665. The third kappa shape index (κ3) is 2.56. The van der Waals surface area contributed by atoms with Gasteiger partial charge in [0.05, 0.1) is 28.6 Å². The van der Waals surface area contributed by atoms with Crippen LogP contribution in [0, 0.1) is 6.92 Å². The first-order valence-electron chi connectivity index (χ1n) is 9.37. The predicted octanol–water partition coefficient (Wildman–Crippen LogP) is 3.45. The molecule has 2 N–H and O–H groups in total. The fourth-order valence-electron chi connectivity index (χ4n) is 3.56. The minimum Gasteiger partial charge on any atom is -0.336 e. The van der Waals surface area contributed by atoms with E-state index in [1.807, 2.05) is 42.0 Å². The SMILES string of the molecule is Cc1cn(-c2nccc3[nH]c(-c4n[nH]c5ccc(-c6cnccn6)cc45)nc23)cn1. The van der Waals surface area contributed by atoms with E-state index in [0.717, 1.165) is 50.4 Å². The quantitative estimate of drug-likeness (QED) is 0.476. The molecule has 0 aliphatic heterocycles. The Hall–Kier alpha value is -4.40. The molecule has 1 aromatic carbocycles. The molecule has 30 heavy (non-hydrogen) atoms. The highest BCUT2D eigenvalue weighted by Crippen LogP contribution is 2.30. The topological polar surface area (TPSA) is 114 Å². The summed E-state index contributed by atoms with van der Waals surface area (Å²) in [6, 6.07) is 7.93. The van der Waals surface area contributed by atoms with Gasteiger partial charge in [0, 0.05) is 35.7 Å². The summed E-state index contributed by atoms with van der Waals surface area (Å²) in [6.45, 7) is 1.94. The van der Waals surface area contributed by atoms with E-state index in [0.29, 0.717) is 5.82 Å². The molecule has 0 spiro atoms. The van der Waals surface area contributed by atoms with E-state index in [9.17, 15) is 0 Å². The average molecular weight is 393 g/mol. The number of imidazole rings is 2. The van der Waals surface area contributed by atoms with Gasteiger partial charge >= 0.3 is 0 Å². The van der Waals surface area contributed by atoms with Crippen molar-refractivity contribution in [2.45, 2.75) is 6.92 Å². The second-order valence-electron chi connectivity index (χ2n) is 6.96. The van der Waals surface area contributed by atoms with Crippen LogP contribution in [0.25, 0.3) is 50.5 Å². The monoisotopic (exact) mass is 393 g/mol. The Kier molecular flexibility index (Phi) is 3.48. The first kappa shape index (κ1) is 16.5. The van der Waals surface area contributed by atoms with Crippen LogP contribution in [0.5, 0.6) is 0 Å². The molecule has 0 unspecified atom stereocenters. The highest BCUT2D eigenvalue weighted by molar-refractivity contribution is 5.96. The van der Waals surface area contributed by atoms with Gasteiger partial charge in [0.25, 0.3) is 0 Å². The van der Waals surface area contributed by atoms with Crippen molar-refractivity contribution in [2.24, 2.45) is 0 Å². The summed E-state index contributed by atoms with van der Waals surface area (Å²) in [5.41, 5.74) is 5.97. The lowest BCUT2D eigenvalue weighted by Gasteiger charge is -2.00. The maximum Gasteiger partial charge on any atom is 0.166 e. The smallest absolute Gasteiger partial charge is 0.166 e. The van der Waals surface area contributed by atoms with Crippen molar-refractivity contribution >= 4 is 21.9 Å². The maximum atomic E-state index is 4.82. The Balaban J connectivity index is 1.52. The van der Waals surface area contributed by atoms with E-state index in [-0.39, 0.29) is 0 Å². The normalized spacial score (nSPS) is 11.5. The van der Waals surface area contributed by atoms with E-state index < -0.39 is 0 Å². The standard InChI is InChI=1S/C21H15N9/c1-12-10-30(11-25-12)21-19-16(4-5-24-21)26-20(27-19)18-14-8-13(2-3-15(14)28-29-18)17-9-22-6-7-23-17/h2-11H,1H3,(H,26,27)(H,28,29). The summed E-state index contributed by atoms with van der Waals surface area (Å²) in [7, 11) is 0. The molecular formula is C21H15N9. The zero-order chi connectivity index (χ0) is 20.1. The van der Waals surface area contributed by atoms with Gasteiger partial charge in [-0.1, -0.05) is 6.07 Å². The van der Waals surface area contributed by atoms with Gasteiger partial charge in [-0.2, -0.15) is 5.10 Å². The number of H-pyrrole nitrogens is 2. The number of aryl methyl sites for hydroxylation is 1. The molecule has 0 radical (unpaired) electrons. The van der Waals surface area contributed by atoms with Crippen molar-refractivity contribution in [2.75, 3.05) is 0 Å². The Labute approximate surface area is 169 Å². The first-order chi connectivity index (χ1) is 14.8. The van der Waals surface area contributed by atoms with Crippen molar-refractivity contribution < 1.29 is 0 Å². The molecule has 0 atom stereocenters. The predicted molar refractivity (Wildman–Crippen MR) is 112 cm³/mol. The number of nitrogens with one attached hydrogen (secondary N) is 2. The zero-order valence-corrected chi connectivity index (χ0v) is 15.9. The minimum atomic E-state index is 0.665. The number of nitrogens with zero attached hydrogens (tertiary/aromatic N) is 7. The highest BCUT2D eigenvalue weighted by Gasteiger charge is 2.16. The summed E-state index contributed by atoms with van der Waals surface area (Å²) in [5.74, 6) is 1.38. The molecule has 0 bridgehead atoms. The van der Waals surface area contributed by atoms with Crippen molar-refractivity contribution in [3.8, 4) is 28.6 Å². The lowest BCUT2D eigenvalue weighted by Crippen LogP contribution is -1.95. The van der Waals surface area contributed by atoms with Gasteiger partial charge in [0.2, 0.25) is 0 Å². The van der Waals surface area contributed by atoms with Crippen molar-refractivity contribution in [1.82, 2.24) is 44.7 Å². The van der Waals surface area contributed by atoms with Crippen LogP contribution in [0.1, 0.15) is 5.69 Å². The lowest BCUT2D eigenvalue weighted by molar-refractivity contribution is 1.00. The van der Waals surface area contributed by atoms with Crippen molar-refractivity contribution in [3.05, 3.63) is 67.3 Å². The number of rotatable bonds is 3. The van der Waals surface area contributed by atoms with Gasteiger partial charge in [-0.3, -0.25) is 19.6 Å². The summed E-state index contributed by atoms with van der Waals surface area (Å²) in [6.07, 6.45) is 10.5. The number of fused-ring (bicyclic) bond motifs is 2. The molecule has 6 aromatic rings. The Morgan fingerprint density at radius 2 is 1.93 bits per heavy atom. The fraction of sp³-hybridized carbons (Fsp3) is 0.0476. The van der Waals surface area contributed by atoms with Gasteiger partial charge in [-0.05, 0) is 25.1 Å². The van der Waals surface area contributed by atoms with Crippen LogP contribution >= 0.6 is 0 Å². The number of aromatic nitrogens is 9. The fourth-order valence-corrected chi connectivity index (χ4v) is 3.56. The second-order valence-corrected chi connectivity index (χ2v) is 6.96. The second kappa shape index (κ2) is 6.31. The third-order valence-corrected chi connectivity index (χ3v) is 4.98. The van der Waals surface area contributed by atoms with Crippen molar-refractivity contribution in [3.63, 3.8) is 0 Å². The Morgan fingerprint density at radius 3 is 2.77 bits per heavy atom.